The number of nitrogen functional groups attached to an aromatic ring is 1. The van der Waals surface area contributed by atoms with Crippen LogP contribution in [0.4, 0.5) is 5.82 Å². The fraction of sp³-hybridized carbons (Fsp3) is 0.267. The van der Waals surface area contributed by atoms with E-state index in [1.165, 1.54) is 0 Å². The van der Waals surface area contributed by atoms with Crippen molar-refractivity contribution in [2.24, 2.45) is 0 Å². The predicted molar refractivity (Wildman–Crippen MR) is 74.9 cm³/mol. The molecule has 1 heterocycles. The van der Waals surface area contributed by atoms with Gasteiger partial charge in [0, 0.05) is 18.2 Å². The van der Waals surface area contributed by atoms with Crippen LogP contribution in [0.1, 0.15) is 18.1 Å². The van der Waals surface area contributed by atoms with Crippen molar-refractivity contribution in [3.63, 3.8) is 0 Å². The van der Waals surface area contributed by atoms with Crippen molar-refractivity contribution in [2.75, 3.05) is 12.8 Å². The highest BCUT2D eigenvalue weighted by molar-refractivity contribution is 5.40. The van der Waals surface area contributed by atoms with Gasteiger partial charge in [-0.05, 0) is 30.7 Å². The molecule has 1 unspecified atom stereocenters. The summed E-state index contributed by atoms with van der Waals surface area (Å²) in [6.07, 6.45) is 2.09. The van der Waals surface area contributed by atoms with Gasteiger partial charge in [-0.15, -0.1) is 0 Å². The molecule has 1 atom stereocenters. The maximum atomic E-state index is 10.7. The molecule has 0 radical (unpaired) electrons. The van der Waals surface area contributed by atoms with Gasteiger partial charge in [0.25, 0.3) is 0 Å². The molecule has 0 aliphatic carbocycles. The smallest absolute Gasteiger partial charge is 0.124 e. The van der Waals surface area contributed by atoms with Crippen molar-refractivity contribution in [2.45, 2.75) is 18.9 Å². The first kappa shape index (κ1) is 13.4. The predicted octanol–water partition coefficient (Wildman–Crippen LogP) is 2.12. The molecule has 0 aliphatic heterocycles. The number of nitrogens with two attached hydrogens (primary N) is 1. The molecule has 4 nitrogen and oxygen atoms in total. The van der Waals surface area contributed by atoms with Crippen LogP contribution >= 0.6 is 0 Å². The second-order valence-corrected chi connectivity index (χ2v) is 4.74. The van der Waals surface area contributed by atoms with Crippen molar-refractivity contribution in [3.05, 3.63) is 53.7 Å². The third-order valence-corrected chi connectivity index (χ3v) is 3.08. The van der Waals surface area contributed by atoms with E-state index in [4.69, 9.17) is 10.5 Å². The second kappa shape index (κ2) is 5.28. The van der Waals surface area contributed by atoms with Gasteiger partial charge < -0.3 is 15.6 Å². The van der Waals surface area contributed by atoms with E-state index < -0.39 is 5.60 Å². The number of aliphatic hydroxyl groups is 1. The Kier molecular flexibility index (Phi) is 3.71. The standard InChI is InChI=1S/C15H18N2O2/c1-15(18,10-11-7-8-17-14(16)9-11)12-5-3-4-6-13(12)19-2/h3-9,18H,10H2,1-2H3,(H2,16,17). The van der Waals surface area contributed by atoms with E-state index in [1.54, 1.807) is 26.3 Å². The summed E-state index contributed by atoms with van der Waals surface area (Å²) < 4.78 is 5.30. The van der Waals surface area contributed by atoms with Crippen molar-refractivity contribution in [3.8, 4) is 5.75 Å². The van der Waals surface area contributed by atoms with Gasteiger partial charge in [0.2, 0.25) is 0 Å². The molecule has 1 aromatic carbocycles. The number of aromatic nitrogens is 1. The molecule has 19 heavy (non-hydrogen) atoms. The Morgan fingerprint density at radius 2 is 2.05 bits per heavy atom. The minimum absolute atomic E-state index is 0.445. The van der Waals surface area contributed by atoms with Gasteiger partial charge in [0.05, 0.1) is 12.7 Å². The average molecular weight is 258 g/mol. The number of hydrogen-bond donors (Lipinski definition) is 2. The van der Waals surface area contributed by atoms with E-state index in [2.05, 4.69) is 4.98 Å². The first-order chi connectivity index (χ1) is 9.03. The van der Waals surface area contributed by atoms with E-state index in [9.17, 15) is 5.11 Å². The number of nitrogens with zero attached hydrogens (tertiary/aromatic N) is 1. The summed E-state index contributed by atoms with van der Waals surface area (Å²) in [7, 11) is 1.60. The van der Waals surface area contributed by atoms with Gasteiger partial charge in [-0.2, -0.15) is 0 Å². The molecule has 0 fully saturated rings. The largest absolute Gasteiger partial charge is 0.496 e. The Bertz CT molecular complexity index is 568. The van der Waals surface area contributed by atoms with Gasteiger partial charge in [0.15, 0.2) is 0 Å². The number of hydrogen-bond acceptors (Lipinski definition) is 4. The van der Waals surface area contributed by atoms with Crippen molar-refractivity contribution in [1.82, 2.24) is 4.98 Å². The van der Waals surface area contributed by atoms with E-state index in [-0.39, 0.29) is 0 Å². The lowest BCUT2D eigenvalue weighted by Crippen LogP contribution is -2.25. The number of methoxy groups -OCH3 is 1. The third-order valence-electron chi connectivity index (χ3n) is 3.08. The maximum absolute atomic E-state index is 10.7. The Hall–Kier alpha value is -2.07. The van der Waals surface area contributed by atoms with Gasteiger partial charge in [0.1, 0.15) is 11.6 Å². The van der Waals surface area contributed by atoms with E-state index in [0.717, 1.165) is 11.1 Å². The number of benzene rings is 1. The summed E-state index contributed by atoms with van der Waals surface area (Å²) in [6.45, 7) is 1.77. The average Bonchev–Trinajstić information content (AvgIpc) is 2.38. The normalized spacial score (nSPS) is 13.8. The van der Waals surface area contributed by atoms with Crippen molar-refractivity contribution >= 4 is 5.82 Å². The fourth-order valence-corrected chi connectivity index (χ4v) is 2.19. The minimum atomic E-state index is -1.03. The first-order valence-corrected chi connectivity index (χ1v) is 6.09. The summed E-state index contributed by atoms with van der Waals surface area (Å²) in [5.74, 6) is 1.13. The second-order valence-electron chi connectivity index (χ2n) is 4.74. The Labute approximate surface area is 112 Å². The number of pyridine rings is 1. The molecule has 3 N–H and O–H groups in total. The quantitative estimate of drug-likeness (QED) is 0.881. The highest BCUT2D eigenvalue weighted by Crippen LogP contribution is 2.32. The van der Waals surface area contributed by atoms with Crippen LogP contribution in [0, 0.1) is 0 Å². The lowest BCUT2D eigenvalue weighted by atomic mass is 9.88. The molecule has 2 rings (SSSR count). The van der Waals surface area contributed by atoms with Gasteiger partial charge in [-0.25, -0.2) is 4.98 Å². The maximum Gasteiger partial charge on any atom is 0.124 e. The SMILES string of the molecule is COc1ccccc1C(C)(O)Cc1ccnc(N)c1. The van der Waals surface area contributed by atoms with Crippen LogP contribution in [-0.2, 0) is 12.0 Å². The van der Waals surface area contributed by atoms with Gasteiger partial charge in [-0.1, -0.05) is 18.2 Å². The molecule has 1 aromatic heterocycles. The molecule has 0 amide bonds. The van der Waals surface area contributed by atoms with Crippen LogP contribution in [-0.4, -0.2) is 17.2 Å². The van der Waals surface area contributed by atoms with Crippen LogP contribution in [0.25, 0.3) is 0 Å². The summed E-state index contributed by atoms with van der Waals surface area (Å²) in [5, 5.41) is 10.7. The number of anilines is 1. The molecule has 0 saturated heterocycles. The van der Waals surface area contributed by atoms with Crippen LogP contribution in [0.5, 0.6) is 5.75 Å². The summed E-state index contributed by atoms with van der Waals surface area (Å²) in [6, 6.07) is 11.1. The topological polar surface area (TPSA) is 68.4 Å². The molecule has 0 bridgehead atoms. The zero-order chi connectivity index (χ0) is 13.9. The molecule has 2 aromatic rings. The Morgan fingerprint density at radius 1 is 1.32 bits per heavy atom. The zero-order valence-electron chi connectivity index (χ0n) is 11.1. The van der Waals surface area contributed by atoms with Crippen LogP contribution < -0.4 is 10.5 Å². The third kappa shape index (κ3) is 3.03. The van der Waals surface area contributed by atoms with Crippen LogP contribution in [0.2, 0.25) is 0 Å². The van der Waals surface area contributed by atoms with Crippen LogP contribution in [0.3, 0.4) is 0 Å². The fourth-order valence-electron chi connectivity index (χ4n) is 2.19. The summed E-state index contributed by atoms with van der Waals surface area (Å²) >= 11 is 0. The van der Waals surface area contributed by atoms with Crippen LogP contribution in [0.15, 0.2) is 42.6 Å². The molecule has 0 aliphatic rings. The summed E-state index contributed by atoms with van der Waals surface area (Å²) in [5.41, 5.74) is 6.32. The monoisotopic (exact) mass is 258 g/mol. The molecular weight excluding hydrogens is 240 g/mol. The molecular formula is C15H18N2O2. The highest BCUT2D eigenvalue weighted by Gasteiger charge is 2.27. The van der Waals surface area contributed by atoms with E-state index in [1.807, 2.05) is 30.3 Å². The van der Waals surface area contributed by atoms with Crippen molar-refractivity contribution < 1.29 is 9.84 Å². The molecule has 4 heteroatoms. The van der Waals surface area contributed by atoms with Crippen molar-refractivity contribution in [1.29, 1.82) is 0 Å². The lowest BCUT2D eigenvalue weighted by molar-refractivity contribution is 0.0549. The first-order valence-electron chi connectivity index (χ1n) is 6.09. The Balaban J connectivity index is 2.32. The van der Waals surface area contributed by atoms with E-state index in [0.29, 0.717) is 18.0 Å². The number of para-hydroxylation sites is 1. The highest BCUT2D eigenvalue weighted by atomic mass is 16.5. The summed E-state index contributed by atoms with van der Waals surface area (Å²) in [4.78, 5) is 3.95. The zero-order valence-corrected chi connectivity index (χ0v) is 11.1. The number of ether oxygens (including phenoxy) is 1. The van der Waals surface area contributed by atoms with E-state index >= 15 is 0 Å². The minimum Gasteiger partial charge on any atom is -0.496 e. The Morgan fingerprint density at radius 3 is 2.74 bits per heavy atom. The molecule has 0 spiro atoms. The van der Waals surface area contributed by atoms with Gasteiger partial charge in [-0.3, -0.25) is 0 Å². The number of rotatable bonds is 4. The lowest BCUT2D eigenvalue weighted by Gasteiger charge is -2.26. The molecule has 100 valence electrons. The molecule has 0 saturated carbocycles. The van der Waals surface area contributed by atoms with Gasteiger partial charge >= 0.3 is 0 Å².